The number of sulfonamides is 1. The lowest BCUT2D eigenvalue weighted by atomic mass is 9.94. The number of nitrogens with one attached hydrogen (secondary N) is 1. The summed E-state index contributed by atoms with van der Waals surface area (Å²) < 4.78 is 26.8. The van der Waals surface area contributed by atoms with Gasteiger partial charge in [-0.1, -0.05) is 97.6 Å². The van der Waals surface area contributed by atoms with E-state index in [0.29, 0.717) is 22.7 Å². The van der Waals surface area contributed by atoms with Gasteiger partial charge in [-0.3, -0.25) is 13.9 Å². The van der Waals surface area contributed by atoms with Crippen molar-refractivity contribution in [3.63, 3.8) is 0 Å². The van der Waals surface area contributed by atoms with Crippen LogP contribution in [0.3, 0.4) is 0 Å². The normalized spacial score (nSPS) is 14.6. The van der Waals surface area contributed by atoms with Gasteiger partial charge in [-0.2, -0.15) is 0 Å². The molecule has 43 heavy (non-hydrogen) atoms. The van der Waals surface area contributed by atoms with Crippen molar-refractivity contribution in [1.82, 2.24) is 10.2 Å². The van der Waals surface area contributed by atoms with E-state index in [4.69, 9.17) is 11.6 Å². The van der Waals surface area contributed by atoms with Crippen molar-refractivity contribution < 1.29 is 18.0 Å². The molecule has 3 aromatic carbocycles. The summed E-state index contributed by atoms with van der Waals surface area (Å²) in [6.07, 6.45) is 7.15. The molecule has 0 saturated heterocycles. The minimum atomic E-state index is -3.63. The van der Waals surface area contributed by atoms with Gasteiger partial charge in [0.15, 0.2) is 0 Å². The first kappa shape index (κ1) is 32.6. The number of benzene rings is 3. The summed E-state index contributed by atoms with van der Waals surface area (Å²) in [6, 6.07) is 24.0. The van der Waals surface area contributed by atoms with Gasteiger partial charge >= 0.3 is 0 Å². The summed E-state index contributed by atoms with van der Waals surface area (Å²) in [5.74, 6) is -0.341. The van der Waals surface area contributed by atoms with E-state index in [1.165, 1.54) is 10.7 Å². The molecule has 1 atom stereocenters. The number of amides is 2. The van der Waals surface area contributed by atoms with Gasteiger partial charge in [0.25, 0.3) is 0 Å². The molecule has 0 aromatic heterocycles. The first-order valence-corrected chi connectivity index (χ1v) is 17.3. The molecule has 3 aromatic rings. The van der Waals surface area contributed by atoms with Crippen LogP contribution in [0.2, 0.25) is 5.02 Å². The minimum Gasteiger partial charge on any atom is -0.352 e. The van der Waals surface area contributed by atoms with Crippen LogP contribution in [0.25, 0.3) is 0 Å². The van der Waals surface area contributed by atoms with Crippen molar-refractivity contribution in [2.45, 2.75) is 76.9 Å². The molecule has 1 aliphatic rings. The fraction of sp³-hybridized carbons (Fsp3) is 0.412. The Balaban J connectivity index is 1.58. The number of hydrogen-bond donors (Lipinski definition) is 1. The standard InChI is InChI=1S/C34H42ClN3O4S/c1-26-30(35)20-12-21-31(26)38(43(2,41)42)23-13-22-33(39)37(25-28-16-8-4-9-17-28)32(24-27-14-6-3-7-15-27)34(40)36-29-18-10-5-11-19-29/h3-4,6-9,12,14-17,20-21,29,32H,5,10-11,13,18-19,22-25H2,1-2H3,(H,36,40). The molecule has 1 unspecified atom stereocenters. The zero-order valence-electron chi connectivity index (χ0n) is 25.0. The summed E-state index contributed by atoms with van der Waals surface area (Å²) in [5.41, 5.74) is 3.05. The van der Waals surface area contributed by atoms with Crippen LogP contribution < -0.4 is 9.62 Å². The number of halogens is 1. The van der Waals surface area contributed by atoms with Gasteiger partial charge in [0.1, 0.15) is 6.04 Å². The number of carbonyl (C=O) groups excluding carboxylic acids is 2. The fourth-order valence-corrected chi connectivity index (χ4v) is 6.91. The van der Waals surface area contributed by atoms with Crippen molar-refractivity contribution in [1.29, 1.82) is 0 Å². The van der Waals surface area contributed by atoms with E-state index < -0.39 is 16.1 Å². The van der Waals surface area contributed by atoms with Crippen LogP contribution in [0.5, 0.6) is 0 Å². The molecule has 0 bridgehead atoms. The first-order chi connectivity index (χ1) is 20.6. The van der Waals surface area contributed by atoms with Crippen LogP contribution in [0, 0.1) is 6.92 Å². The quantitative estimate of drug-likeness (QED) is 0.243. The third kappa shape index (κ3) is 9.31. The predicted octanol–water partition coefficient (Wildman–Crippen LogP) is 6.28. The molecular formula is C34H42ClN3O4S. The lowest BCUT2D eigenvalue weighted by Crippen LogP contribution is -2.52. The Hall–Kier alpha value is -3.36. The molecular weight excluding hydrogens is 582 g/mol. The lowest BCUT2D eigenvalue weighted by Gasteiger charge is -2.34. The molecule has 0 radical (unpaired) electrons. The average molecular weight is 624 g/mol. The highest BCUT2D eigenvalue weighted by atomic mass is 35.5. The smallest absolute Gasteiger partial charge is 0.243 e. The van der Waals surface area contributed by atoms with E-state index in [1.807, 2.05) is 60.7 Å². The van der Waals surface area contributed by atoms with Gasteiger partial charge in [0.05, 0.1) is 11.9 Å². The second-order valence-electron chi connectivity index (χ2n) is 11.4. The molecule has 0 spiro atoms. The van der Waals surface area contributed by atoms with Gasteiger partial charge in [-0.25, -0.2) is 8.42 Å². The minimum absolute atomic E-state index is 0.0838. The van der Waals surface area contributed by atoms with Crippen LogP contribution in [-0.2, 0) is 32.6 Å². The molecule has 1 aliphatic carbocycles. The number of carbonyl (C=O) groups is 2. The molecule has 230 valence electrons. The van der Waals surface area contributed by atoms with Crippen LogP contribution in [-0.4, -0.2) is 50.0 Å². The Morgan fingerprint density at radius 3 is 2.16 bits per heavy atom. The Morgan fingerprint density at radius 1 is 0.907 bits per heavy atom. The SMILES string of the molecule is Cc1c(Cl)cccc1N(CCCC(=O)N(Cc1ccccc1)C(Cc1ccccc1)C(=O)NC1CCCCC1)S(C)(=O)=O. The Bertz CT molecular complexity index is 1460. The Morgan fingerprint density at radius 2 is 1.53 bits per heavy atom. The molecule has 0 heterocycles. The van der Waals surface area contributed by atoms with E-state index in [9.17, 15) is 18.0 Å². The lowest BCUT2D eigenvalue weighted by molar-refractivity contribution is -0.141. The van der Waals surface area contributed by atoms with E-state index in [0.717, 1.165) is 43.1 Å². The van der Waals surface area contributed by atoms with E-state index >= 15 is 0 Å². The average Bonchev–Trinajstić information content (AvgIpc) is 2.99. The van der Waals surface area contributed by atoms with E-state index in [-0.39, 0.29) is 43.8 Å². The summed E-state index contributed by atoms with van der Waals surface area (Å²) >= 11 is 6.29. The zero-order chi connectivity index (χ0) is 30.8. The number of anilines is 1. The van der Waals surface area contributed by atoms with Gasteiger partial charge in [-0.15, -0.1) is 0 Å². The van der Waals surface area contributed by atoms with Crippen molar-refractivity contribution >= 4 is 39.1 Å². The van der Waals surface area contributed by atoms with Crippen molar-refractivity contribution in [3.05, 3.63) is 101 Å². The number of hydrogen-bond acceptors (Lipinski definition) is 4. The highest BCUT2D eigenvalue weighted by molar-refractivity contribution is 7.92. The van der Waals surface area contributed by atoms with Crippen molar-refractivity contribution in [3.8, 4) is 0 Å². The zero-order valence-corrected chi connectivity index (χ0v) is 26.6. The van der Waals surface area contributed by atoms with Crippen LogP contribution in [0.4, 0.5) is 5.69 Å². The molecule has 1 fully saturated rings. The highest BCUT2D eigenvalue weighted by Gasteiger charge is 2.32. The monoisotopic (exact) mass is 623 g/mol. The summed E-state index contributed by atoms with van der Waals surface area (Å²) in [7, 11) is -3.63. The second kappa shape index (κ2) is 15.4. The molecule has 0 aliphatic heterocycles. The molecule has 2 amide bonds. The van der Waals surface area contributed by atoms with E-state index in [2.05, 4.69) is 5.32 Å². The Kier molecular flexibility index (Phi) is 11.7. The summed E-state index contributed by atoms with van der Waals surface area (Å²) in [5, 5.41) is 3.73. The maximum atomic E-state index is 14.0. The van der Waals surface area contributed by atoms with Gasteiger partial charge in [0, 0.05) is 37.0 Å². The van der Waals surface area contributed by atoms with Gasteiger partial charge < -0.3 is 10.2 Å². The van der Waals surface area contributed by atoms with Gasteiger partial charge in [0.2, 0.25) is 21.8 Å². The summed E-state index contributed by atoms with van der Waals surface area (Å²) in [6.45, 7) is 2.17. The molecule has 1 saturated carbocycles. The van der Waals surface area contributed by atoms with Crippen LogP contribution in [0.1, 0.15) is 61.6 Å². The van der Waals surface area contributed by atoms with Crippen LogP contribution >= 0.6 is 11.6 Å². The topological polar surface area (TPSA) is 86.8 Å². The summed E-state index contributed by atoms with van der Waals surface area (Å²) in [4.78, 5) is 29.6. The molecule has 9 heteroatoms. The number of nitrogens with zero attached hydrogens (tertiary/aromatic N) is 2. The first-order valence-electron chi connectivity index (χ1n) is 15.0. The third-order valence-corrected chi connectivity index (χ3v) is 9.67. The van der Waals surface area contributed by atoms with Crippen LogP contribution in [0.15, 0.2) is 78.9 Å². The van der Waals surface area contributed by atoms with Gasteiger partial charge in [-0.05, 0) is 55.0 Å². The highest BCUT2D eigenvalue weighted by Crippen LogP contribution is 2.29. The predicted molar refractivity (Wildman–Crippen MR) is 174 cm³/mol. The largest absolute Gasteiger partial charge is 0.352 e. The molecule has 1 N–H and O–H groups in total. The fourth-order valence-electron chi connectivity index (χ4n) is 5.73. The molecule has 7 nitrogen and oxygen atoms in total. The maximum Gasteiger partial charge on any atom is 0.243 e. The van der Waals surface area contributed by atoms with Crippen molar-refractivity contribution in [2.75, 3.05) is 17.1 Å². The second-order valence-corrected chi connectivity index (χ2v) is 13.7. The Labute approximate surface area is 261 Å². The molecule has 4 rings (SSSR count). The van der Waals surface area contributed by atoms with Crippen molar-refractivity contribution in [2.24, 2.45) is 0 Å². The van der Waals surface area contributed by atoms with E-state index in [1.54, 1.807) is 30.0 Å². The number of rotatable bonds is 13. The maximum absolute atomic E-state index is 14.0. The third-order valence-electron chi connectivity index (χ3n) is 8.08.